The summed E-state index contributed by atoms with van der Waals surface area (Å²) in [6.07, 6.45) is 1.85. The number of unbranched alkanes of at least 4 members (excludes halogenated alkanes) is 1. The number of nitrogens with one attached hydrogen (secondary N) is 1. The Balaban J connectivity index is 4.20. The van der Waals surface area contributed by atoms with E-state index in [0.717, 1.165) is 12.8 Å². The molecule has 18 heavy (non-hydrogen) atoms. The number of rotatable bonds is 9. The molecular weight excluding hydrogens is 259 g/mol. The number of hydrogen-bond donors (Lipinski definition) is 3. The first kappa shape index (κ1) is 16.9. The van der Waals surface area contributed by atoms with Crippen molar-refractivity contribution in [3.05, 3.63) is 0 Å². The Morgan fingerprint density at radius 2 is 2.11 bits per heavy atom. The average Bonchev–Trinajstić information content (AvgIpc) is 2.23. The Labute approximate surface area is 107 Å². The lowest BCUT2D eigenvalue weighted by Crippen LogP contribution is -2.44. The molecule has 8 heteroatoms. The summed E-state index contributed by atoms with van der Waals surface area (Å²) >= 11 is 0. The minimum absolute atomic E-state index is 0.0260. The predicted molar refractivity (Wildman–Crippen MR) is 68.0 cm³/mol. The third-order valence-corrected chi connectivity index (χ3v) is 4.10. The van der Waals surface area contributed by atoms with E-state index in [1.165, 1.54) is 6.66 Å². The number of aliphatic carboxylic acids is 1. The summed E-state index contributed by atoms with van der Waals surface area (Å²) < 4.78 is 17.2. The fraction of sp³-hybridized carbons (Fsp3) is 0.800. The molecule has 0 saturated carbocycles. The Kier molecular flexibility index (Phi) is 7.62. The van der Waals surface area contributed by atoms with Gasteiger partial charge >= 0.3 is 12.0 Å². The molecule has 106 valence electrons. The molecule has 0 aliphatic carbocycles. The first-order valence-corrected chi connectivity index (χ1v) is 8.04. The van der Waals surface area contributed by atoms with Crippen LogP contribution in [-0.4, -0.2) is 42.6 Å². The van der Waals surface area contributed by atoms with Gasteiger partial charge in [0.1, 0.15) is 6.04 Å². The number of amides is 2. The molecule has 2 unspecified atom stereocenters. The van der Waals surface area contributed by atoms with Crippen molar-refractivity contribution in [1.82, 2.24) is 5.32 Å². The monoisotopic (exact) mass is 280 g/mol. The largest absolute Gasteiger partial charge is 0.480 e. The predicted octanol–water partition coefficient (Wildman–Crippen LogP) is 1.22. The second kappa shape index (κ2) is 8.11. The number of carbonyl (C=O) groups excluding carboxylic acids is 1. The molecule has 0 aromatic rings. The zero-order valence-corrected chi connectivity index (χ0v) is 11.6. The Morgan fingerprint density at radius 3 is 2.56 bits per heavy atom. The van der Waals surface area contributed by atoms with Gasteiger partial charge in [-0.15, -0.1) is 0 Å². The molecule has 0 heterocycles. The van der Waals surface area contributed by atoms with E-state index in [1.54, 1.807) is 0 Å². The van der Waals surface area contributed by atoms with Crippen LogP contribution >= 0.6 is 7.37 Å². The van der Waals surface area contributed by atoms with E-state index in [2.05, 4.69) is 5.32 Å². The van der Waals surface area contributed by atoms with Crippen molar-refractivity contribution >= 4 is 19.4 Å². The maximum atomic E-state index is 11.9. The highest BCUT2D eigenvalue weighted by molar-refractivity contribution is 7.58. The van der Waals surface area contributed by atoms with Crippen molar-refractivity contribution in [3.8, 4) is 0 Å². The summed E-state index contributed by atoms with van der Waals surface area (Å²) in [4.78, 5) is 21.4. The lowest BCUT2D eigenvalue weighted by molar-refractivity contribution is -0.139. The third-order valence-electron chi connectivity index (χ3n) is 2.30. The van der Waals surface area contributed by atoms with Crippen molar-refractivity contribution in [2.24, 2.45) is 5.73 Å². The van der Waals surface area contributed by atoms with Crippen molar-refractivity contribution in [2.45, 2.75) is 32.2 Å². The van der Waals surface area contributed by atoms with E-state index in [-0.39, 0.29) is 12.6 Å². The average molecular weight is 280 g/mol. The lowest BCUT2D eigenvalue weighted by atomic mass is 10.2. The Hall–Kier alpha value is -1.07. The number of hydrogen-bond acceptors (Lipinski definition) is 4. The minimum atomic E-state index is -2.81. The highest BCUT2D eigenvalue weighted by atomic mass is 31.2. The van der Waals surface area contributed by atoms with Gasteiger partial charge in [-0.25, -0.2) is 9.59 Å². The molecule has 0 aromatic heterocycles. The maximum Gasteiger partial charge on any atom is 0.326 e. The van der Waals surface area contributed by atoms with E-state index in [4.69, 9.17) is 15.4 Å². The molecule has 2 amide bonds. The van der Waals surface area contributed by atoms with Crippen LogP contribution in [0.4, 0.5) is 4.79 Å². The van der Waals surface area contributed by atoms with Gasteiger partial charge in [0.15, 0.2) is 7.37 Å². The van der Waals surface area contributed by atoms with Crippen molar-refractivity contribution in [3.63, 3.8) is 0 Å². The van der Waals surface area contributed by atoms with Crippen molar-refractivity contribution < 1.29 is 23.8 Å². The number of carboxylic acids is 1. The second-order valence-electron chi connectivity index (χ2n) is 4.11. The zero-order valence-electron chi connectivity index (χ0n) is 10.7. The standard InChI is InChI=1S/C10H21N2O5P/c1-3-4-6-17-18(2,16)7-5-8(9(13)14)12-10(11)15/h8H,3-7H2,1-2H3,(H,13,14)(H3,11,12,15). The Morgan fingerprint density at radius 1 is 1.50 bits per heavy atom. The van der Waals surface area contributed by atoms with Crippen LogP contribution in [0.1, 0.15) is 26.2 Å². The van der Waals surface area contributed by atoms with Gasteiger partial charge in [-0.1, -0.05) is 13.3 Å². The van der Waals surface area contributed by atoms with Crippen LogP contribution in [0.2, 0.25) is 0 Å². The number of primary amides is 1. The second-order valence-corrected chi connectivity index (χ2v) is 6.85. The molecule has 4 N–H and O–H groups in total. The van der Waals surface area contributed by atoms with Crippen LogP contribution in [0.3, 0.4) is 0 Å². The van der Waals surface area contributed by atoms with Gasteiger partial charge in [-0.05, 0) is 12.8 Å². The summed E-state index contributed by atoms with van der Waals surface area (Å²) in [5.41, 5.74) is 4.86. The summed E-state index contributed by atoms with van der Waals surface area (Å²) in [7, 11) is -2.81. The van der Waals surface area contributed by atoms with Gasteiger partial charge in [-0.3, -0.25) is 4.57 Å². The van der Waals surface area contributed by atoms with Gasteiger partial charge in [0, 0.05) is 12.8 Å². The molecule has 2 atom stereocenters. The molecule has 0 spiro atoms. The van der Waals surface area contributed by atoms with E-state index in [0.29, 0.717) is 6.61 Å². The highest BCUT2D eigenvalue weighted by Gasteiger charge is 2.24. The summed E-state index contributed by atoms with van der Waals surface area (Å²) in [5, 5.41) is 10.9. The molecule has 0 aliphatic rings. The van der Waals surface area contributed by atoms with Crippen molar-refractivity contribution in [2.75, 3.05) is 19.4 Å². The number of carboxylic acid groups (broad SMARTS) is 1. The van der Waals surface area contributed by atoms with E-state index >= 15 is 0 Å². The molecule has 0 bridgehead atoms. The van der Waals surface area contributed by atoms with Gasteiger partial charge < -0.3 is 20.7 Å². The summed E-state index contributed by atoms with van der Waals surface area (Å²) in [5.74, 6) is -1.21. The van der Waals surface area contributed by atoms with Crippen LogP contribution in [0.25, 0.3) is 0 Å². The highest BCUT2D eigenvalue weighted by Crippen LogP contribution is 2.43. The number of urea groups is 1. The van der Waals surface area contributed by atoms with Crippen LogP contribution in [-0.2, 0) is 13.9 Å². The Bertz CT molecular complexity index is 334. The minimum Gasteiger partial charge on any atom is -0.480 e. The normalized spacial score (nSPS) is 15.7. The molecule has 0 radical (unpaired) electrons. The molecule has 0 fully saturated rings. The van der Waals surface area contributed by atoms with Crippen LogP contribution in [0.5, 0.6) is 0 Å². The van der Waals surface area contributed by atoms with Gasteiger partial charge in [-0.2, -0.15) is 0 Å². The fourth-order valence-electron chi connectivity index (χ4n) is 1.26. The lowest BCUT2D eigenvalue weighted by Gasteiger charge is -2.17. The molecule has 0 aromatic carbocycles. The topological polar surface area (TPSA) is 119 Å². The fourth-order valence-corrected chi connectivity index (χ4v) is 2.63. The number of nitrogens with two attached hydrogens (primary N) is 1. The first-order valence-electron chi connectivity index (χ1n) is 5.78. The summed E-state index contributed by atoms with van der Waals surface area (Å²) in [6.45, 7) is 3.85. The molecule has 0 saturated heterocycles. The van der Waals surface area contributed by atoms with Crippen LogP contribution < -0.4 is 11.1 Å². The quantitative estimate of drug-likeness (QED) is 0.433. The smallest absolute Gasteiger partial charge is 0.326 e. The number of carbonyl (C=O) groups is 2. The van der Waals surface area contributed by atoms with E-state index in [1.807, 2.05) is 6.92 Å². The first-order chi connectivity index (χ1) is 8.28. The van der Waals surface area contributed by atoms with E-state index < -0.39 is 25.4 Å². The molecular formula is C10H21N2O5P. The third kappa shape index (κ3) is 8.08. The molecule has 7 nitrogen and oxygen atoms in total. The van der Waals surface area contributed by atoms with Gasteiger partial charge in [0.2, 0.25) is 0 Å². The van der Waals surface area contributed by atoms with Gasteiger partial charge in [0.25, 0.3) is 0 Å². The van der Waals surface area contributed by atoms with Crippen LogP contribution in [0.15, 0.2) is 0 Å². The SMILES string of the molecule is CCCCOP(C)(=O)CCC(NC(N)=O)C(=O)O. The van der Waals surface area contributed by atoms with E-state index in [9.17, 15) is 14.2 Å². The van der Waals surface area contributed by atoms with Gasteiger partial charge in [0.05, 0.1) is 6.61 Å². The van der Waals surface area contributed by atoms with Crippen LogP contribution in [0, 0.1) is 0 Å². The summed E-state index contributed by atoms with van der Waals surface area (Å²) in [6, 6.07) is -2.05. The molecule has 0 aliphatic heterocycles. The maximum absolute atomic E-state index is 11.9. The van der Waals surface area contributed by atoms with Crippen molar-refractivity contribution in [1.29, 1.82) is 0 Å². The zero-order chi connectivity index (χ0) is 14.2. The molecule has 0 rings (SSSR count).